The minimum absolute atomic E-state index is 0.182. The van der Waals surface area contributed by atoms with Crippen molar-refractivity contribution in [1.82, 2.24) is 20.6 Å². The van der Waals surface area contributed by atoms with Gasteiger partial charge in [-0.25, -0.2) is 14.6 Å². The van der Waals surface area contributed by atoms with Gasteiger partial charge in [-0.15, -0.1) is 0 Å². The number of amides is 2. The highest BCUT2D eigenvalue weighted by atomic mass is 16.4. The number of carboxylic acid groups (broad SMARTS) is 1. The van der Waals surface area contributed by atoms with Crippen LogP contribution in [0, 0.1) is 5.41 Å². The molecule has 0 aromatic carbocycles. The number of nitrogens with one attached hydrogen (secondary N) is 3. The zero-order valence-electron chi connectivity index (χ0n) is 12.2. The summed E-state index contributed by atoms with van der Waals surface area (Å²) in [7, 11) is 0. The third kappa shape index (κ3) is 3.96. The highest BCUT2D eigenvalue weighted by Gasteiger charge is 2.35. The Morgan fingerprint density at radius 3 is 2.76 bits per heavy atom. The van der Waals surface area contributed by atoms with Gasteiger partial charge in [-0.1, -0.05) is 13.3 Å². The quantitative estimate of drug-likeness (QED) is 0.607. The lowest BCUT2D eigenvalue weighted by molar-refractivity contribution is -0.139. The van der Waals surface area contributed by atoms with Crippen LogP contribution < -0.4 is 10.6 Å². The Morgan fingerprint density at radius 2 is 2.29 bits per heavy atom. The average Bonchev–Trinajstić information content (AvgIpc) is 2.90. The van der Waals surface area contributed by atoms with E-state index in [-0.39, 0.29) is 11.8 Å². The molecular weight excluding hydrogens is 272 g/mol. The number of carbonyl (C=O) groups is 2. The molecule has 2 rings (SSSR count). The fourth-order valence-electron chi connectivity index (χ4n) is 2.63. The second-order valence-corrected chi connectivity index (χ2v) is 5.71. The molecule has 1 aliphatic carbocycles. The Labute approximate surface area is 123 Å². The molecule has 21 heavy (non-hydrogen) atoms. The Kier molecular flexibility index (Phi) is 4.82. The summed E-state index contributed by atoms with van der Waals surface area (Å²) < 4.78 is 0. The highest BCUT2D eigenvalue weighted by molar-refractivity contribution is 5.82. The number of carbonyl (C=O) groups excluding carboxylic acids is 1. The topological polar surface area (TPSA) is 107 Å². The van der Waals surface area contributed by atoms with Crippen LogP contribution in [-0.2, 0) is 11.2 Å². The van der Waals surface area contributed by atoms with Crippen LogP contribution in [0.3, 0.4) is 0 Å². The van der Waals surface area contributed by atoms with E-state index >= 15 is 0 Å². The number of hydrogen-bond donors (Lipinski definition) is 4. The van der Waals surface area contributed by atoms with Crippen molar-refractivity contribution in [2.75, 3.05) is 6.54 Å². The summed E-state index contributed by atoms with van der Waals surface area (Å²) in [5.74, 6) is -1.06. The number of urea groups is 1. The Balaban J connectivity index is 1.82. The van der Waals surface area contributed by atoms with Gasteiger partial charge in [-0.05, 0) is 24.7 Å². The average molecular weight is 294 g/mol. The molecule has 1 atom stereocenters. The summed E-state index contributed by atoms with van der Waals surface area (Å²) in [5, 5.41) is 14.5. The molecule has 7 nitrogen and oxygen atoms in total. The van der Waals surface area contributed by atoms with Crippen molar-refractivity contribution in [3.63, 3.8) is 0 Å². The van der Waals surface area contributed by atoms with Gasteiger partial charge in [-0.2, -0.15) is 0 Å². The number of carboxylic acids is 1. The molecule has 0 radical (unpaired) electrons. The second-order valence-electron chi connectivity index (χ2n) is 5.71. The zero-order valence-corrected chi connectivity index (χ0v) is 12.2. The number of nitrogens with zero attached hydrogens (tertiary/aromatic N) is 1. The fourth-order valence-corrected chi connectivity index (χ4v) is 2.63. The molecule has 116 valence electrons. The van der Waals surface area contributed by atoms with Crippen LogP contribution in [-0.4, -0.2) is 39.7 Å². The van der Waals surface area contributed by atoms with Crippen LogP contribution in [0.25, 0.3) is 0 Å². The molecule has 1 saturated carbocycles. The van der Waals surface area contributed by atoms with E-state index < -0.39 is 18.0 Å². The number of aromatic nitrogens is 2. The molecule has 0 bridgehead atoms. The van der Waals surface area contributed by atoms with E-state index in [1.54, 1.807) is 6.20 Å². The van der Waals surface area contributed by atoms with Crippen molar-refractivity contribution in [3.05, 3.63) is 18.2 Å². The Bertz CT molecular complexity index is 477. The van der Waals surface area contributed by atoms with Gasteiger partial charge in [0, 0.05) is 24.9 Å². The molecule has 1 fully saturated rings. The summed E-state index contributed by atoms with van der Waals surface area (Å²) in [6.45, 7) is 2.72. The monoisotopic (exact) mass is 294 g/mol. The molecule has 0 saturated heterocycles. The van der Waals surface area contributed by atoms with E-state index in [1.807, 2.05) is 0 Å². The fraction of sp³-hybridized carbons (Fsp3) is 0.643. The van der Waals surface area contributed by atoms with Crippen molar-refractivity contribution >= 4 is 12.0 Å². The predicted octanol–water partition coefficient (Wildman–Crippen LogP) is 1.28. The summed E-state index contributed by atoms with van der Waals surface area (Å²) >= 11 is 0. The van der Waals surface area contributed by atoms with Crippen molar-refractivity contribution in [3.8, 4) is 0 Å². The first-order chi connectivity index (χ1) is 10.0. The number of aromatic amines is 1. The van der Waals surface area contributed by atoms with Gasteiger partial charge in [0.1, 0.15) is 6.04 Å². The van der Waals surface area contributed by atoms with Gasteiger partial charge < -0.3 is 20.7 Å². The summed E-state index contributed by atoms with van der Waals surface area (Å²) in [4.78, 5) is 29.8. The zero-order chi connectivity index (χ0) is 15.3. The number of hydrogen-bond acceptors (Lipinski definition) is 3. The van der Waals surface area contributed by atoms with Crippen molar-refractivity contribution in [2.45, 2.75) is 45.1 Å². The molecule has 1 aromatic rings. The lowest BCUT2D eigenvalue weighted by Gasteiger charge is -2.41. The molecule has 0 aliphatic heterocycles. The van der Waals surface area contributed by atoms with Crippen LogP contribution in [0.1, 0.15) is 38.3 Å². The number of imidazole rings is 1. The standard InChI is InChI=1S/C14H22N4O3/c1-2-14(4-3-5-14)8-16-13(21)18-11(12(19)20)6-10-7-15-9-17-10/h7,9,11H,2-6,8H2,1H3,(H,15,17)(H,19,20)(H2,16,18,21). The molecule has 1 heterocycles. The van der Waals surface area contributed by atoms with Gasteiger partial charge in [-0.3, -0.25) is 0 Å². The normalized spacial score (nSPS) is 17.6. The largest absolute Gasteiger partial charge is 0.480 e. The molecule has 1 unspecified atom stereocenters. The molecule has 4 N–H and O–H groups in total. The summed E-state index contributed by atoms with van der Waals surface area (Å²) in [6, 6.07) is -1.40. The Morgan fingerprint density at radius 1 is 1.52 bits per heavy atom. The maximum Gasteiger partial charge on any atom is 0.326 e. The third-order valence-corrected chi connectivity index (χ3v) is 4.37. The summed E-state index contributed by atoms with van der Waals surface area (Å²) in [6.07, 6.45) is 7.70. The number of aliphatic carboxylic acids is 1. The van der Waals surface area contributed by atoms with Crippen LogP contribution in [0.15, 0.2) is 12.5 Å². The first-order valence-corrected chi connectivity index (χ1v) is 7.29. The lowest BCUT2D eigenvalue weighted by atomic mass is 9.67. The molecule has 0 spiro atoms. The molecule has 1 aliphatic rings. The Hall–Kier alpha value is -2.05. The van der Waals surface area contributed by atoms with Crippen LogP contribution >= 0.6 is 0 Å². The van der Waals surface area contributed by atoms with Gasteiger partial charge in [0.05, 0.1) is 6.33 Å². The second kappa shape index (κ2) is 6.60. The van der Waals surface area contributed by atoms with Crippen molar-refractivity contribution in [1.29, 1.82) is 0 Å². The summed E-state index contributed by atoms with van der Waals surface area (Å²) in [5.41, 5.74) is 0.881. The number of rotatable bonds is 7. The van der Waals surface area contributed by atoms with E-state index in [0.29, 0.717) is 12.2 Å². The minimum atomic E-state index is -1.06. The van der Waals surface area contributed by atoms with Crippen LogP contribution in [0.4, 0.5) is 4.79 Å². The molecule has 7 heteroatoms. The van der Waals surface area contributed by atoms with Crippen molar-refractivity contribution in [2.24, 2.45) is 5.41 Å². The minimum Gasteiger partial charge on any atom is -0.480 e. The van der Waals surface area contributed by atoms with E-state index in [0.717, 1.165) is 19.3 Å². The predicted molar refractivity (Wildman–Crippen MR) is 76.8 cm³/mol. The SMILES string of the molecule is CCC1(CNC(=O)NC(Cc2cnc[nH]2)C(=O)O)CCC1. The van der Waals surface area contributed by atoms with E-state index in [1.165, 1.54) is 12.7 Å². The van der Waals surface area contributed by atoms with Crippen LogP contribution in [0.2, 0.25) is 0 Å². The maximum absolute atomic E-state index is 11.9. The maximum atomic E-state index is 11.9. The first kappa shape index (κ1) is 15.3. The van der Waals surface area contributed by atoms with Gasteiger partial charge >= 0.3 is 12.0 Å². The van der Waals surface area contributed by atoms with E-state index in [2.05, 4.69) is 27.5 Å². The molecule has 1 aromatic heterocycles. The smallest absolute Gasteiger partial charge is 0.326 e. The van der Waals surface area contributed by atoms with Gasteiger partial charge in [0.15, 0.2) is 0 Å². The van der Waals surface area contributed by atoms with E-state index in [4.69, 9.17) is 0 Å². The van der Waals surface area contributed by atoms with Crippen molar-refractivity contribution < 1.29 is 14.7 Å². The number of H-pyrrole nitrogens is 1. The van der Waals surface area contributed by atoms with Gasteiger partial charge in [0.2, 0.25) is 0 Å². The molecule has 2 amide bonds. The molecular formula is C14H22N4O3. The third-order valence-electron chi connectivity index (χ3n) is 4.37. The van der Waals surface area contributed by atoms with E-state index in [9.17, 15) is 14.7 Å². The van der Waals surface area contributed by atoms with Gasteiger partial charge in [0.25, 0.3) is 0 Å². The first-order valence-electron chi connectivity index (χ1n) is 7.29. The lowest BCUT2D eigenvalue weighted by Crippen LogP contribution is -2.50. The van der Waals surface area contributed by atoms with Crippen LogP contribution in [0.5, 0.6) is 0 Å². The highest BCUT2D eigenvalue weighted by Crippen LogP contribution is 2.42.